The average Bonchev–Trinajstić information content (AvgIpc) is 3.02. The molecule has 0 radical (unpaired) electrons. The standard InChI is InChI=1S/C18H18Cl2FN3O3S/c1-11-2-7-15(18(25)22-10-12-8-16(19)23-17(20)9-12)24(11)28(26,27)14-5-3-13(21)4-6-14/h3-6,8-9,11,15H,2,7,10H2,1H3,(H,22,25). The lowest BCUT2D eigenvalue weighted by atomic mass is 10.2. The first-order valence-corrected chi connectivity index (χ1v) is 10.8. The zero-order valence-electron chi connectivity index (χ0n) is 14.9. The van der Waals surface area contributed by atoms with Crippen LogP contribution in [0.25, 0.3) is 0 Å². The van der Waals surface area contributed by atoms with Gasteiger partial charge in [-0.25, -0.2) is 17.8 Å². The molecule has 1 aliphatic rings. The normalized spacial score (nSPS) is 20.3. The summed E-state index contributed by atoms with van der Waals surface area (Å²) < 4.78 is 40.4. The van der Waals surface area contributed by atoms with Crippen molar-refractivity contribution < 1.29 is 17.6 Å². The van der Waals surface area contributed by atoms with Gasteiger partial charge in [-0.1, -0.05) is 23.2 Å². The summed E-state index contributed by atoms with van der Waals surface area (Å²) in [5.74, 6) is -0.948. The van der Waals surface area contributed by atoms with Crippen LogP contribution in [-0.4, -0.2) is 35.7 Å². The molecule has 1 aliphatic heterocycles. The summed E-state index contributed by atoms with van der Waals surface area (Å²) in [5, 5.41) is 3.13. The molecule has 10 heteroatoms. The predicted octanol–water partition coefficient (Wildman–Crippen LogP) is 3.39. The molecule has 2 atom stereocenters. The van der Waals surface area contributed by atoms with Crippen molar-refractivity contribution in [3.8, 4) is 0 Å². The van der Waals surface area contributed by atoms with Crippen molar-refractivity contribution >= 4 is 39.1 Å². The number of rotatable bonds is 5. The van der Waals surface area contributed by atoms with E-state index in [-0.39, 0.29) is 27.8 Å². The average molecular weight is 446 g/mol. The van der Waals surface area contributed by atoms with Gasteiger partial charge in [0, 0.05) is 12.6 Å². The van der Waals surface area contributed by atoms with Crippen LogP contribution in [0.4, 0.5) is 4.39 Å². The largest absolute Gasteiger partial charge is 0.351 e. The van der Waals surface area contributed by atoms with Gasteiger partial charge in [-0.2, -0.15) is 4.31 Å². The minimum Gasteiger partial charge on any atom is -0.351 e. The number of halogens is 3. The van der Waals surface area contributed by atoms with Crippen LogP contribution in [0.1, 0.15) is 25.3 Å². The van der Waals surface area contributed by atoms with Gasteiger partial charge in [-0.15, -0.1) is 0 Å². The lowest BCUT2D eigenvalue weighted by Crippen LogP contribution is -2.48. The summed E-state index contributed by atoms with van der Waals surface area (Å²) in [6, 6.07) is 6.50. The minimum absolute atomic E-state index is 0.0480. The molecular formula is C18H18Cl2FN3O3S. The third-order valence-electron chi connectivity index (χ3n) is 4.58. The second kappa shape index (κ2) is 8.32. The number of sulfonamides is 1. The van der Waals surface area contributed by atoms with E-state index >= 15 is 0 Å². The molecule has 1 N–H and O–H groups in total. The monoisotopic (exact) mass is 445 g/mol. The highest BCUT2D eigenvalue weighted by atomic mass is 35.5. The molecule has 1 fully saturated rings. The highest BCUT2D eigenvalue weighted by Gasteiger charge is 2.43. The maximum Gasteiger partial charge on any atom is 0.244 e. The Hall–Kier alpha value is -1.74. The van der Waals surface area contributed by atoms with E-state index in [1.165, 1.54) is 16.4 Å². The van der Waals surface area contributed by atoms with Crippen molar-refractivity contribution in [2.24, 2.45) is 0 Å². The fraction of sp³-hybridized carbons (Fsp3) is 0.333. The van der Waals surface area contributed by atoms with E-state index < -0.39 is 27.8 Å². The third kappa shape index (κ3) is 4.46. The number of pyridine rings is 1. The van der Waals surface area contributed by atoms with Crippen LogP contribution in [0.5, 0.6) is 0 Å². The summed E-state index contributed by atoms with van der Waals surface area (Å²) in [4.78, 5) is 16.5. The van der Waals surface area contributed by atoms with Gasteiger partial charge >= 0.3 is 0 Å². The quantitative estimate of drug-likeness (QED) is 0.715. The van der Waals surface area contributed by atoms with Crippen LogP contribution in [0.15, 0.2) is 41.3 Å². The highest BCUT2D eigenvalue weighted by Crippen LogP contribution is 2.31. The van der Waals surface area contributed by atoms with Gasteiger partial charge in [0.2, 0.25) is 15.9 Å². The maximum atomic E-state index is 13.2. The molecule has 28 heavy (non-hydrogen) atoms. The molecule has 3 rings (SSSR count). The van der Waals surface area contributed by atoms with Crippen LogP contribution in [0.3, 0.4) is 0 Å². The number of nitrogens with one attached hydrogen (secondary N) is 1. The Morgan fingerprint density at radius 1 is 1.21 bits per heavy atom. The second-order valence-electron chi connectivity index (χ2n) is 6.57. The smallest absolute Gasteiger partial charge is 0.244 e. The summed E-state index contributed by atoms with van der Waals surface area (Å²) in [6.45, 7) is 1.88. The number of amides is 1. The SMILES string of the molecule is CC1CCC(C(=O)NCc2cc(Cl)nc(Cl)c2)N1S(=O)(=O)c1ccc(F)cc1. The first-order valence-electron chi connectivity index (χ1n) is 8.57. The number of nitrogens with zero attached hydrogens (tertiary/aromatic N) is 2. The van der Waals surface area contributed by atoms with Crippen LogP contribution >= 0.6 is 23.2 Å². The summed E-state index contributed by atoms with van der Waals surface area (Å²) in [5.41, 5.74) is 0.650. The molecule has 0 spiro atoms. The zero-order valence-corrected chi connectivity index (χ0v) is 17.2. The molecule has 150 valence electrons. The number of aromatic nitrogens is 1. The molecule has 2 unspecified atom stereocenters. The molecule has 0 aliphatic carbocycles. The minimum atomic E-state index is -3.94. The number of carbonyl (C=O) groups excluding carboxylic acids is 1. The molecule has 6 nitrogen and oxygen atoms in total. The van der Waals surface area contributed by atoms with Crippen molar-refractivity contribution in [2.75, 3.05) is 0 Å². The molecule has 0 saturated carbocycles. The Labute approximate surface area is 172 Å². The van der Waals surface area contributed by atoms with Crippen molar-refractivity contribution in [3.63, 3.8) is 0 Å². The van der Waals surface area contributed by atoms with E-state index in [0.717, 1.165) is 12.1 Å². The Morgan fingerprint density at radius 3 is 2.43 bits per heavy atom. The van der Waals surface area contributed by atoms with E-state index in [2.05, 4.69) is 10.3 Å². The van der Waals surface area contributed by atoms with E-state index in [1.54, 1.807) is 19.1 Å². The van der Waals surface area contributed by atoms with Crippen LogP contribution < -0.4 is 5.32 Å². The molecule has 2 heterocycles. The van der Waals surface area contributed by atoms with E-state index in [4.69, 9.17) is 23.2 Å². The number of benzene rings is 1. The van der Waals surface area contributed by atoms with Crippen molar-refractivity contribution in [1.29, 1.82) is 0 Å². The Balaban J connectivity index is 1.78. The van der Waals surface area contributed by atoms with Gasteiger partial charge in [0.25, 0.3) is 0 Å². The van der Waals surface area contributed by atoms with Crippen molar-refractivity contribution in [2.45, 2.75) is 43.3 Å². The van der Waals surface area contributed by atoms with Gasteiger partial charge in [-0.3, -0.25) is 4.79 Å². The summed E-state index contributed by atoms with van der Waals surface area (Å²) in [6.07, 6.45) is 0.941. The second-order valence-corrected chi connectivity index (χ2v) is 9.19. The number of hydrogen-bond acceptors (Lipinski definition) is 4. The van der Waals surface area contributed by atoms with Crippen LogP contribution in [0, 0.1) is 5.82 Å². The summed E-state index contributed by atoms with van der Waals surface area (Å²) >= 11 is 11.7. The third-order valence-corrected chi connectivity index (χ3v) is 7.01. The van der Waals surface area contributed by atoms with Crippen LogP contribution in [0.2, 0.25) is 10.3 Å². The lowest BCUT2D eigenvalue weighted by Gasteiger charge is -2.27. The molecule has 0 bridgehead atoms. The Bertz CT molecular complexity index is 966. The fourth-order valence-corrected chi connectivity index (χ4v) is 5.61. The molecular weight excluding hydrogens is 428 g/mol. The first kappa shape index (κ1) is 21.0. The lowest BCUT2D eigenvalue weighted by molar-refractivity contribution is -0.124. The fourth-order valence-electron chi connectivity index (χ4n) is 3.26. The zero-order chi connectivity index (χ0) is 20.5. The molecule has 1 aromatic carbocycles. The summed E-state index contributed by atoms with van der Waals surface area (Å²) in [7, 11) is -3.94. The predicted molar refractivity (Wildman–Crippen MR) is 104 cm³/mol. The Morgan fingerprint density at radius 2 is 1.82 bits per heavy atom. The van der Waals surface area contributed by atoms with Crippen LogP contribution in [-0.2, 0) is 21.4 Å². The van der Waals surface area contributed by atoms with E-state index in [1.807, 2.05) is 0 Å². The van der Waals surface area contributed by atoms with Gasteiger partial charge in [-0.05, 0) is 61.7 Å². The van der Waals surface area contributed by atoms with Gasteiger partial charge in [0.1, 0.15) is 22.2 Å². The highest BCUT2D eigenvalue weighted by molar-refractivity contribution is 7.89. The van der Waals surface area contributed by atoms with E-state index in [0.29, 0.717) is 18.4 Å². The molecule has 1 aromatic heterocycles. The molecule has 1 amide bonds. The Kier molecular flexibility index (Phi) is 6.24. The topological polar surface area (TPSA) is 79.4 Å². The van der Waals surface area contributed by atoms with Gasteiger partial charge in [0.05, 0.1) is 4.90 Å². The van der Waals surface area contributed by atoms with Crippen molar-refractivity contribution in [3.05, 3.63) is 58.1 Å². The van der Waals surface area contributed by atoms with Gasteiger partial charge < -0.3 is 5.32 Å². The van der Waals surface area contributed by atoms with Crippen molar-refractivity contribution in [1.82, 2.24) is 14.6 Å². The number of hydrogen-bond donors (Lipinski definition) is 1. The molecule has 2 aromatic rings. The molecule has 1 saturated heterocycles. The first-order chi connectivity index (χ1) is 13.2. The van der Waals surface area contributed by atoms with Gasteiger partial charge in [0.15, 0.2) is 0 Å². The number of carbonyl (C=O) groups is 1. The maximum absolute atomic E-state index is 13.2. The van der Waals surface area contributed by atoms with E-state index in [9.17, 15) is 17.6 Å².